The van der Waals surface area contributed by atoms with Crippen molar-refractivity contribution in [2.45, 2.75) is 84.3 Å². The van der Waals surface area contributed by atoms with Gasteiger partial charge < -0.3 is 27.5 Å². The molecule has 0 bridgehead atoms. The maximum absolute atomic E-state index is 8.95. The predicted octanol–water partition coefficient (Wildman–Crippen LogP) is -0.873. The summed E-state index contributed by atoms with van der Waals surface area (Å²) in [5.41, 5.74) is 0. The van der Waals surface area contributed by atoms with Crippen molar-refractivity contribution in [2.24, 2.45) is 0 Å². The first kappa shape index (κ1) is 22.5. The van der Waals surface area contributed by atoms with Gasteiger partial charge in [0.2, 0.25) is 6.29 Å². The van der Waals surface area contributed by atoms with Crippen molar-refractivity contribution < 1.29 is 27.5 Å². The summed E-state index contributed by atoms with van der Waals surface area (Å²) < 4.78 is 0. The second kappa shape index (κ2) is 17.2. The standard InChI is InChI=1S/C16H35NO2.ClH/c1-3-5-6-7-8-9-10-11-12-13-14-17(4-2)15-16(18)19;/h16,18-19H,3-15H2,1-2H3;1H. The lowest BCUT2D eigenvalue weighted by molar-refractivity contribution is -0.904. The number of aliphatic hydroxyl groups excluding tert-OH is 1. The first-order valence-electron chi connectivity index (χ1n) is 8.40. The normalized spacial score (nSPS) is 12.4. The van der Waals surface area contributed by atoms with Crippen LogP contribution >= 0.6 is 0 Å². The Hall–Kier alpha value is 0.170. The van der Waals surface area contributed by atoms with Crippen LogP contribution in [0.1, 0.15) is 78.1 Å². The van der Waals surface area contributed by atoms with Crippen LogP contribution in [-0.2, 0) is 0 Å². The number of halogens is 1. The highest BCUT2D eigenvalue weighted by Crippen LogP contribution is 2.09. The van der Waals surface area contributed by atoms with Gasteiger partial charge in [0, 0.05) is 0 Å². The third kappa shape index (κ3) is 16.2. The number of quaternary nitrogens is 1. The van der Waals surface area contributed by atoms with Crippen LogP contribution in [0.15, 0.2) is 0 Å². The van der Waals surface area contributed by atoms with Gasteiger partial charge in [0.25, 0.3) is 0 Å². The molecule has 1 atom stereocenters. The Morgan fingerprint density at radius 1 is 0.750 bits per heavy atom. The molecule has 124 valence electrons. The molecule has 0 fully saturated rings. The van der Waals surface area contributed by atoms with Crippen molar-refractivity contribution in [1.82, 2.24) is 0 Å². The van der Waals surface area contributed by atoms with E-state index in [2.05, 4.69) is 13.8 Å². The lowest BCUT2D eigenvalue weighted by Crippen LogP contribution is -3.12. The minimum absolute atomic E-state index is 0. The second-order valence-corrected chi connectivity index (χ2v) is 5.72. The van der Waals surface area contributed by atoms with Crippen LogP contribution in [0, 0.1) is 0 Å². The quantitative estimate of drug-likeness (QED) is 0.288. The number of hydrogen-bond acceptors (Lipinski definition) is 2. The number of nitrogens with one attached hydrogen (secondary N) is 1. The summed E-state index contributed by atoms with van der Waals surface area (Å²) in [7, 11) is 0. The molecule has 0 aromatic carbocycles. The van der Waals surface area contributed by atoms with Crippen LogP contribution in [0.3, 0.4) is 0 Å². The highest BCUT2D eigenvalue weighted by Gasteiger charge is 2.09. The Labute approximate surface area is 132 Å². The molecule has 0 saturated carbocycles. The smallest absolute Gasteiger partial charge is 0.202 e. The van der Waals surface area contributed by atoms with E-state index in [0.29, 0.717) is 6.54 Å². The Kier molecular flexibility index (Phi) is 19.3. The zero-order chi connectivity index (χ0) is 14.3. The van der Waals surface area contributed by atoms with Crippen LogP contribution in [0.4, 0.5) is 0 Å². The number of aliphatic hydroxyl groups is 2. The third-order valence-corrected chi connectivity index (χ3v) is 3.86. The molecular weight excluding hydrogens is 274 g/mol. The number of unbranched alkanes of at least 4 members (excludes halogenated alkanes) is 9. The lowest BCUT2D eigenvalue weighted by Gasteiger charge is -2.18. The van der Waals surface area contributed by atoms with Gasteiger partial charge in [-0.25, -0.2) is 0 Å². The summed E-state index contributed by atoms with van der Waals surface area (Å²) >= 11 is 0. The van der Waals surface area contributed by atoms with Crippen molar-refractivity contribution >= 4 is 0 Å². The highest BCUT2D eigenvalue weighted by molar-refractivity contribution is 4.47. The molecule has 0 aliphatic heterocycles. The minimum atomic E-state index is -1.15. The van der Waals surface area contributed by atoms with Gasteiger partial charge in [-0.15, -0.1) is 0 Å². The molecule has 3 N–H and O–H groups in total. The number of hydrogen-bond donors (Lipinski definition) is 3. The average molecular weight is 310 g/mol. The van der Waals surface area contributed by atoms with Crippen LogP contribution in [0.25, 0.3) is 0 Å². The number of likely N-dealkylation sites (N-methyl/N-ethyl adjacent to an activating group) is 1. The lowest BCUT2D eigenvalue weighted by atomic mass is 10.1. The van der Waals surface area contributed by atoms with Gasteiger partial charge in [0.15, 0.2) is 0 Å². The van der Waals surface area contributed by atoms with Crippen LogP contribution in [0.5, 0.6) is 0 Å². The molecule has 0 aliphatic carbocycles. The second-order valence-electron chi connectivity index (χ2n) is 5.72. The molecule has 0 rings (SSSR count). The summed E-state index contributed by atoms with van der Waals surface area (Å²) in [5.74, 6) is 0. The fourth-order valence-electron chi connectivity index (χ4n) is 2.54. The van der Waals surface area contributed by atoms with Crippen LogP contribution in [-0.4, -0.2) is 36.1 Å². The minimum Gasteiger partial charge on any atom is -1.00 e. The molecule has 20 heavy (non-hydrogen) atoms. The van der Waals surface area contributed by atoms with E-state index in [9.17, 15) is 0 Å². The third-order valence-electron chi connectivity index (χ3n) is 3.86. The summed E-state index contributed by atoms with van der Waals surface area (Å²) in [4.78, 5) is 1.30. The SMILES string of the molecule is CCCCCCCCCCCC[NH+](CC)CC(O)O.[Cl-]. The topological polar surface area (TPSA) is 44.9 Å². The first-order valence-corrected chi connectivity index (χ1v) is 8.40. The zero-order valence-corrected chi connectivity index (χ0v) is 14.3. The Balaban J connectivity index is 0. The van der Waals surface area contributed by atoms with E-state index in [1.807, 2.05) is 0 Å². The first-order chi connectivity index (χ1) is 9.20. The maximum Gasteiger partial charge on any atom is 0.202 e. The fourth-order valence-corrected chi connectivity index (χ4v) is 2.54. The Morgan fingerprint density at radius 3 is 1.60 bits per heavy atom. The summed E-state index contributed by atoms with van der Waals surface area (Å²) in [5, 5.41) is 17.9. The molecule has 4 heteroatoms. The van der Waals surface area contributed by atoms with E-state index in [0.717, 1.165) is 13.1 Å². The average Bonchev–Trinajstić information content (AvgIpc) is 2.39. The van der Waals surface area contributed by atoms with Gasteiger partial charge in [-0.05, 0) is 19.8 Å². The summed E-state index contributed by atoms with van der Waals surface area (Å²) in [6, 6.07) is 0. The molecular formula is C16H36ClNO2. The molecule has 0 radical (unpaired) electrons. The number of rotatable bonds is 14. The Bertz CT molecular complexity index is 180. The van der Waals surface area contributed by atoms with Crippen molar-refractivity contribution in [2.75, 3.05) is 19.6 Å². The van der Waals surface area contributed by atoms with E-state index < -0.39 is 6.29 Å². The van der Waals surface area contributed by atoms with Gasteiger partial charge >= 0.3 is 0 Å². The molecule has 1 unspecified atom stereocenters. The molecule has 0 aliphatic rings. The van der Waals surface area contributed by atoms with E-state index in [1.165, 1.54) is 69.1 Å². The Morgan fingerprint density at radius 2 is 1.20 bits per heavy atom. The van der Waals surface area contributed by atoms with Crippen molar-refractivity contribution in [3.05, 3.63) is 0 Å². The van der Waals surface area contributed by atoms with Crippen molar-refractivity contribution in [3.63, 3.8) is 0 Å². The largest absolute Gasteiger partial charge is 1.00 e. The maximum atomic E-state index is 8.95. The van der Waals surface area contributed by atoms with Crippen LogP contribution < -0.4 is 17.3 Å². The van der Waals surface area contributed by atoms with Crippen molar-refractivity contribution in [3.8, 4) is 0 Å². The summed E-state index contributed by atoms with van der Waals surface area (Å²) in [6.45, 7) is 6.89. The molecule has 0 aromatic heterocycles. The highest BCUT2D eigenvalue weighted by atomic mass is 35.5. The van der Waals surface area contributed by atoms with E-state index in [-0.39, 0.29) is 12.4 Å². The van der Waals surface area contributed by atoms with Gasteiger partial charge in [-0.1, -0.05) is 58.3 Å². The molecule has 0 amide bonds. The monoisotopic (exact) mass is 309 g/mol. The van der Waals surface area contributed by atoms with E-state index in [4.69, 9.17) is 10.2 Å². The van der Waals surface area contributed by atoms with E-state index in [1.54, 1.807) is 0 Å². The molecule has 0 saturated heterocycles. The molecule has 0 aromatic rings. The summed E-state index contributed by atoms with van der Waals surface area (Å²) in [6.07, 6.45) is 12.4. The van der Waals surface area contributed by atoms with Crippen LogP contribution in [0.2, 0.25) is 0 Å². The van der Waals surface area contributed by atoms with Gasteiger partial charge in [-0.3, -0.25) is 0 Å². The fraction of sp³-hybridized carbons (Fsp3) is 1.00. The van der Waals surface area contributed by atoms with Gasteiger partial charge in [0.1, 0.15) is 6.54 Å². The van der Waals surface area contributed by atoms with Gasteiger partial charge in [0.05, 0.1) is 13.1 Å². The van der Waals surface area contributed by atoms with Crippen molar-refractivity contribution in [1.29, 1.82) is 0 Å². The van der Waals surface area contributed by atoms with E-state index >= 15 is 0 Å². The molecule has 0 spiro atoms. The zero-order valence-electron chi connectivity index (χ0n) is 13.5. The predicted molar refractivity (Wildman–Crippen MR) is 81.3 cm³/mol. The van der Waals surface area contributed by atoms with Gasteiger partial charge in [-0.2, -0.15) is 0 Å². The molecule has 3 nitrogen and oxygen atoms in total. The molecule has 0 heterocycles.